The molecule has 0 unspecified atom stereocenters. The van der Waals surface area contributed by atoms with Gasteiger partial charge in [-0.1, -0.05) is 17.7 Å². The van der Waals surface area contributed by atoms with E-state index in [1.807, 2.05) is 0 Å². The molecule has 0 saturated heterocycles. The number of benzene rings is 2. The maximum atomic E-state index is 12.0. The number of amides is 1. The lowest BCUT2D eigenvalue weighted by atomic mass is 10.1. The number of methoxy groups -OCH3 is 1. The van der Waals surface area contributed by atoms with Crippen molar-refractivity contribution in [3.05, 3.63) is 58.6 Å². The smallest absolute Gasteiger partial charge is 0.251 e. The van der Waals surface area contributed by atoms with E-state index in [9.17, 15) is 9.90 Å². The summed E-state index contributed by atoms with van der Waals surface area (Å²) in [7, 11) is 1.55. The van der Waals surface area contributed by atoms with Gasteiger partial charge in [0.25, 0.3) is 5.91 Å². The number of carbonyl (C=O) groups excluding carboxylic acids is 1. The molecule has 0 bridgehead atoms. The molecule has 0 atom stereocenters. The van der Waals surface area contributed by atoms with E-state index < -0.39 is 0 Å². The largest absolute Gasteiger partial charge is 0.508 e. The Morgan fingerprint density at radius 1 is 1.25 bits per heavy atom. The van der Waals surface area contributed by atoms with Gasteiger partial charge in [0.15, 0.2) is 0 Å². The number of hydrogen-bond donors (Lipinski definition) is 2. The maximum Gasteiger partial charge on any atom is 0.251 e. The Labute approximate surface area is 122 Å². The molecular weight excluding hydrogens is 278 g/mol. The van der Waals surface area contributed by atoms with Crippen molar-refractivity contribution in [3.8, 4) is 11.5 Å². The van der Waals surface area contributed by atoms with Crippen LogP contribution in [0.1, 0.15) is 15.9 Å². The average molecular weight is 292 g/mol. The molecule has 0 aliphatic carbocycles. The molecule has 0 aliphatic heterocycles. The van der Waals surface area contributed by atoms with Crippen LogP contribution in [0.4, 0.5) is 0 Å². The summed E-state index contributed by atoms with van der Waals surface area (Å²) in [5.74, 6) is 0.504. The van der Waals surface area contributed by atoms with Gasteiger partial charge in [-0.25, -0.2) is 0 Å². The van der Waals surface area contributed by atoms with Crippen LogP contribution in [0.2, 0.25) is 5.02 Å². The minimum atomic E-state index is -0.244. The van der Waals surface area contributed by atoms with Gasteiger partial charge >= 0.3 is 0 Å². The molecule has 0 aromatic heterocycles. The van der Waals surface area contributed by atoms with Crippen LogP contribution < -0.4 is 10.1 Å². The second-order valence-corrected chi connectivity index (χ2v) is 4.56. The Kier molecular flexibility index (Phi) is 4.48. The zero-order valence-electron chi connectivity index (χ0n) is 10.9. The summed E-state index contributed by atoms with van der Waals surface area (Å²) in [6.07, 6.45) is 0. The normalized spacial score (nSPS) is 10.1. The van der Waals surface area contributed by atoms with Crippen molar-refractivity contribution in [2.75, 3.05) is 7.11 Å². The van der Waals surface area contributed by atoms with Crippen LogP contribution in [0.25, 0.3) is 0 Å². The molecule has 2 N–H and O–H groups in total. The Morgan fingerprint density at radius 3 is 2.60 bits per heavy atom. The molecule has 0 heterocycles. The van der Waals surface area contributed by atoms with Gasteiger partial charge in [-0.2, -0.15) is 0 Å². The lowest BCUT2D eigenvalue weighted by molar-refractivity contribution is 0.0950. The quantitative estimate of drug-likeness (QED) is 0.910. The Balaban J connectivity index is 2.09. The molecule has 0 fully saturated rings. The minimum Gasteiger partial charge on any atom is -0.508 e. The lowest BCUT2D eigenvalue weighted by Crippen LogP contribution is -2.23. The minimum absolute atomic E-state index is 0.120. The third kappa shape index (κ3) is 3.22. The number of ether oxygens (including phenoxy) is 1. The highest BCUT2D eigenvalue weighted by Gasteiger charge is 2.10. The van der Waals surface area contributed by atoms with E-state index in [-0.39, 0.29) is 18.2 Å². The van der Waals surface area contributed by atoms with Crippen LogP contribution in [0.3, 0.4) is 0 Å². The number of phenols is 1. The highest BCUT2D eigenvalue weighted by molar-refractivity contribution is 6.31. The zero-order chi connectivity index (χ0) is 14.5. The van der Waals surface area contributed by atoms with Crippen LogP contribution in [0, 0.1) is 0 Å². The molecule has 1 amide bonds. The van der Waals surface area contributed by atoms with Crippen LogP contribution in [-0.4, -0.2) is 18.1 Å². The van der Waals surface area contributed by atoms with Crippen LogP contribution in [0.15, 0.2) is 42.5 Å². The lowest BCUT2D eigenvalue weighted by Gasteiger charge is -2.11. The number of carbonyl (C=O) groups is 1. The number of phenolic OH excluding ortho intramolecular Hbond substituents is 1. The number of aromatic hydroxyl groups is 1. The van der Waals surface area contributed by atoms with Crippen molar-refractivity contribution in [2.45, 2.75) is 6.54 Å². The summed E-state index contributed by atoms with van der Waals surface area (Å²) < 4.78 is 5.21. The van der Waals surface area contributed by atoms with Gasteiger partial charge in [-0.15, -0.1) is 0 Å². The van der Waals surface area contributed by atoms with E-state index in [0.717, 1.165) is 5.56 Å². The highest BCUT2D eigenvalue weighted by Crippen LogP contribution is 2.25. The van der Waals surface area contributed by atoms with Gasteiger partial charge in [0.1, 0.15) is 11.5 Å². The first-order valence-electron chi connectivity index (χ1n) is 6.00. The molecule has 2 aromatic rings. The number of rotatable bonds is 4. The molecule has 2 aromatic carbocycles. The molecule has 0 spiro atoms. The molecule has 4 nitrogen and oxygen atoms in total. The molecule has 104 valence electrons. The van der Waals surface area contributed by atoms with E-state index >= 15 is 0 Å². The van der Waals surface area contributed by atoms with Crippen LogP contribution in [0.5, 0.6) is 11.5 Å². The Bertz CT molecular complexity index is 611. The second kappa shape index (κ2) is 6.30. The van der Waals surface area contributed by atoms with E-state index in [0.29, 0.717) is 16.3 Å². The van der Waals surface area contributed by atoms with Gasteiger partial charge in [0, 0.05) is 22.7 Å². The third-order valence-electron chi connectivity index (χ3n) is 2.85. The van der Waals surface area contributed by atoms with E-state index in [4.69, 9.17) is 16.3 Å². The van der Waals surface area contributed by atoms with Gasteiger partial charge in [0.05, 0.1) is 7.11 Å². The van der Waals surface area contributed by atoms with Gasteiger partial charge in [0.2, 0.25) is 0 Å². The number of halogens is 1. The fourth-order valence-corrected chi connectivity index (χ4v) is 2.02. The predicted octanol–water partition coefficient (Wildman–Crippen LogP) is 2.98. The summed E-state index contributed by atoms with van der Waals surface area (Å²) in [6, 6.07) is 11.3. The van der Waals surface area contributed by atoms with Gasteiger partial charge in [-0.3, -0.25) is 4.79 Å². The van der Waals surface area contributed by atoms with Crippen molar-refractivity contribution in [3.63, 3.8) is 0 Å². The molecule has 20 heavy (non-hydrogen) atoms. The van der Waals surface area contributed by atoms with Gasteiger partial charge < -0.3 is 15.2 Å². The SMILES string of the molecule is COc1cccc(Cl)c1CNC(=O)c1ccc(O)cc1. The highest BCUT2D eigenvalue weighted by atomic mass is 35.5. The zero-order valence-corrected chi connectivity index (χ0v) is 11.6. The molecule has 0 aliphatic rings. The van der Waals surface area contributed by atoms with Crippen LogP contribution >= 0.6 is 11.6 Å². The summed E-state index contributed by atoms with van der Waals surface area (Å²) in [6.45, 7) is 0.266. The van der Waals surface area contributed by atoms with Crippen molar-refractivity contribution < 1.29 is 14.6 Å². The van der Waals surface area contributed by atoms with Crippen molar-refractivity contribution in [1.29, 1.82) is 0 Å². The predicted molar refractivity (Wildman–Crippen MR) is 77.3 cm³/mol. The first-order valence-corrected chi connectivity index (χ1v) is 6.38. The summed E-state index contributed by atoms with van der Waals surface area (Å²) in [5.41, 5.74) is 1.19. The Hall–Kier alpha value is -2.20. The van der Waals surface area contributed by atoms with Crippen molar-refractivity contribution in [1.82, 2.24) is 5.32 Å². The third-order valence-corrected chi connectivity index (χ3v) is 3.21. The summed E-state index contributed by atoms with van der Waals surface area (Å²) >= 11 is 6.09. The number of hydrogen-bond acceptors (Lipinski definition) is 3. The molecule has 0 radical (unpaired) electrons. The van der Waals surface area contributed by atoms with E-state index in [1.54, 1.807) is 37.4 Å². The first-order chi connectivity index (χ1) is 9.61. The number of nitrogens with one attached hydrogen (secondary N) is 1. The fraction of sp³-hybridized carbons (Fsp3) is 0.133. The topological polar surface area (TPSA) is 58.6 Å². The van der Waals surface area contributed by atoms with Crippen LogP contribution in [-0.2, 0) is 6.54 Å². The average Bonchev–Trinajstić information content (AvgIpc) is 2.46. The fourth-order valence-electron chi connectivity index (χ4n) is 1.79. The van der Waals surface area contributed by atoms with Crippen molar-refractivity contribution >= 4 is 17.5 Å². The molecule has 0 saturated carbocycles. The first kappa shape index (κ1) is 14.2. The van der Waals surface area contributed by atoms with E-state index in [1.165, 1.54) is 12.1 Å². The molecular formula is C15H14ClNO3. The molecule has 5 heteroatoms. The van der Waals surface area contributed by atoms with Crippen molar-refractivity contribution in [2.24, 2.45) is 0 Å². The summed E-state index contributed by atoms with van der Waals surface area (Å²) in [5, 5.41) is 12.5. The Morgan fingerprint density at radius 2 is 1.95 bits per heavy atom. The standard InChI is InChI=1S/C15H14ClNO3/c1-20-14-4-2-3-13(16)12(14)9-17-15(19)10-5-7-11(18)8-6-10/h2-8,18H,9H2,1H3,(H,17,19). The van der Waals surface area contributed by atoms with Gasteiger partial charge in [-0.05, 0) is 36.4 Å². The second-order valence-electron chi connectivity index (χ2n) is 4.15. The monoisotopic (exact) mass is 291 g/mol. The maximum absolute atomic E-state index is 12.0. The van der Waals surface area contributed by atoms with E-state index in [2.05, 4.69) is 5.32 Å². The summed E-state index contributed by atoms with van der Waals surface area (Å²) in [4.78, 5) is 12.0. The molecule has 2 rings (SSSR count).